The predicted octanol–water partition coefficient (Wildman–Crippen LogP) is 42.2. The number of nitrogens with zero attached hydrogens (tertiary/aromatic N) is 1. The van der Waals surface area contributed by atoms with Gasteiger partial charge in [-0.25, -0.2) is 0 Å². The fourth-order valence-corrected chi connectivity index (χ4v) is 27.8. The number of ether oxygens (including phenoxy) is 1. The number of hydrogen-bond acceptors (Lipinski definition) is 2. The minimum absolute atomic E-state index is 0.0398. The lowest BCUT2D eigenvalue weighted by Gasteiger charge is -2.34. The molecular weight excluding hydrogens is 1750 g/mol. The van der Waals surface area contributed by atoms with Crippen LogP contribution in [0.15, 0.2) is 322 Å². The number of fused-ring (bicyclic) bond motifs is 20. The highest BCUT2D eigenvalue weighted by molar-refractivity contribution is 5.98. The molecule has 730 valence electrons. The second-order valence-corrected chi connectivity index (χ2v) is 46.4. The highest BCUT2D eigenvalue weighted by atomic mass is 16.5. The number of anilines is 3. The third-order valence-corrected chi connectivity index (χ3v) is 36.0. The van der Waals surface area contributed by atoms with Crippen LogP contribution >= 0.6 is 0 Å². The largest absolute Gasteiger partial charge is 0.453 e. The van der Waals surface area contributed by atoms with Crippen LogP contribution in [0.1, 0.15) is 336 Å². The fraction of sp³-hybridized carbons (Fsp3) is 0.329. The lowest BCUT2D eigenvalue weighted by Crippen LogP contribution is -2.25. The molecule has 2 nitrogen and oxygen atoms in total. The van der Waals surface area contributed by atoms with E-state index in [9.17, 15) is 0 Å². The van der Waals surface area contributed by atoms with Gasteiger partial charge >= 0.3 is 0 Å². The van der Waals surface area contributed by atoms with Gasteiger partial charge in [0.2, 0.25) is 0 Å². The Morgan fingerprint density at radius 1 is 0.207 bits per heavy atom. The molecule has 23 rings (SSSR count). The Bertz CT molecular complexity index is 7590. The summed E-state index contributed by atoms with van der Waals surface area (Å²) in [5, 5.41) is 0. The molecule has 7 aliphatic rings. The molecule has 0 fully saturated rings. The van der Waals surface area contributed by atoms with Crippen molar-refractivity contribution in [3.63, 3.8) is 0 Å². The molecule has 0 saturated heterocycles. The average molecular weight is 1900 g/mol. The van der Waals surface area contributed by atoms with Crippen molar-refractivity contribution in [1.82, 2.24) is 0 Å². The van der Waals surface area contributed by atoms with Crippen LogP contribution in [-0.2, 0) is 27.1 Å². The molecule has 0 spiro atoms. The summed E-state index contributed by atoms with van der Waals surface area (Å²) in [5.74, 6) is 2.72. The van der Waals surface area contributed by atoms with E-state index in [1.165, 1.54) is 352 Å². The fourth-order valence-electron chi connectivity index (χ4n) is 27.8. The lowest BCUT2D eigenvalue weighted by molar-refractivity contribution is 0.371. The van der Waals surface area contributed by atoms with Gasteiger partial charge in [-0.05, 0) is 328 Å². The van der Waals surface area contributed by atoms with Crippen LogP contribution in [0, 0.1) is 5.92 Å². The lowest BCUT2D eigenvalue weighted by atomic mass is 9.70. The first-order valence-electron chi connectivity index (χ1n) is 56.3. The summed E-state index contributed by atoms with van der Waals surface area (Å²) in [7, 11) is 0. The molecular formula is C143H147NO. The topological polar surface area (TPSA) is 12.5 Å². The molecule has 16 aromatic rings. The van der Waals surface area contributed by atoms with E-state index in [1.54, 1.807) is 22.3 Å². The number of unbranched alkanes of at least 4 members (excludes halogenated alkanes) is 20. The minimum atomic E-state index is -0.270. The summed E-state index contributed by atoms with van der Waals surface area (Å²) in [6, 6.07) is 126. The van der Waals surface area contributed by atoms with Gasteiger partial charge in [0.1, 0.15) is 0 Å². The Labute approximate surface area is 866 Å². The van der Waals surface area contributed by atoms with Crippen LogP contribution in [0.5, 0.6) is 11.5 Å². The normalized spacial score (nSPS) is 15.6. The smallest absolute Gasteiger partial charge is 0.152 e. The average Bonchev–Trinajstić information content (AvgIpc) is 1.58. The Balaban J connectivity index is 0.502. The molecule has 2 unspecified atom stereocenters. The molecule has 0 bridgehead atoms. The Kier molecular flexibility index (Phi) is 26.0. The van der Waals surface area contributed by atoms with E-state index < -0.39 is 0 Å². The van der Waals surface area contributed by atoms with Gasteiger partial charge in [-0.3, -0.25) is 0 Å². The summed E-state index contributed by atoms with van der Waals surface area (Å²) >= 11 is 0. The number of rotatable bonds is 37. The Morgan fingerprint density at radius 2 is 0.476 bits per heavy atom. The van der Waals surface area contributed by atoms with E-state index in [0.29, 0.717) is 11.8 Å². The third-order valence-electron chi connectivity index (χ3n) is 36.0. The second-order valence-electron chi connectivity index (χ2n) is 46.4. The van der Waals surface area contributed by atoms with E-state index in [4.69, 9.17) is 4.74 Å². The summed E-state index contributed by atoms with van der Waals surface area (Å²) in [6.07, 6.45) is 37.1. The summed E-state index contributed by atoms with van der Waals surface area (Å²) in [6.45, 7) is 28.9. The summed E-state index contributed by atoms with van der Waals surface area (Å²) in [4.78, 5) is 2.44. The molecule has 145 heavy (non-hydrogen) atoms. The highest BCUT2D eigenvalue weighted by Gasteiger charge is 2.46. The monoisotopic (exact) mass is 1890 g/mol. The van der Waals surface area contributed by atoms with Crippen molar-refractivity contribution >= 4 is 17.1 Å². The van der Waals surface area contributed by atoms with Crippen molar-refractivity contribution in [3.05, 3.63) is 388 Å². The van der Waals surface area contributed by atoms with E-state index in [0.717, 1.165) is 45.3 Å². The maximum Gasteiger partial charge on any atom is 0.152 e. The molecule has 16 aromatic carbocycles. The standard InChI is InChI=1S/C143H147NO/c1-13-17-21-25-28-30-35-49-95(48-34-29-24-20-16-4)138-121-53-39-38-51-109(121)110-68-56-96(82-122(110)138)97-57-69-112-113-70-58-98(84-125(113)139(5,6)124(112)83-97)100-60-72-115-118-75-63-103(89-130(118)141(9,10)127(115)86-100)106-66-78-134-136(92-106)145-137-93-107(67-79-135(137)144(134)133-55-43-41-50-108(133)94-46-36-33-37-47-94)104-64-76-119-116-73-61-101(87-128(116)142(11,12)131(119)90-104)99-59-71-114-117-74-62-102(88-129(117)140(7,8)126(114)85-99)105-65-77-120-111-52-40-42-54-123(111)143(132(120)91-105,80-44-31-26-22-18-14-2)81-45-32-27-23-19-15-3/h33,36-43,46-47,50-79,82-93,95,138H,13-32,34-35,44-45,48-49,80-81H2,1-12H3. The first-order chi connectivity index (χ1) is 70.8. The summed E-state index contributed by atoms with van der Waals surface area (Å²) < 4.78 is 7.44. The maximum absolute atomic E-state index is 7.44. The molecule has 2 heteroatoms. The maximum atomic E-state index is 7.44. The molecule has 0 radical (unpaired) electrons. The predicted molar refractivity (Wildman–Crippen MR) is 618 cm³/mol. The van der Waals surface area contributed by atoms with Crippen molar-refractivity contribution in [2.75, 3.05) is 4.90 Å². The van der Waals surface area contributed by atoms with Gasteiger partial charge in [-0.1, -0.05) is 468 Å². The highest BCUT2D eigenvalue weighted by Crippen LogP contribution is 2.63. The van der Waals surface area contributed by atoms with Crippen LogP contribution in [-0.4, -0.2) is 0 Å². The van der Waals surface area contributed by atoms with Gasteiger partial charge in [0.15, 0.2) is 11.5 Å². The Morgan fingerprint density at radius 3 is 0.855 bits per heavy atom. The van der Waals surface area contributed by atoms with E-state index >= 15 is 0 Å². The minimum Gasteiger partial charge on any atom is -0.453 e. The SMILES string of the molecule is CCCCCCCCCC(CCCCCCC)C1c2ccccc2-c2ccc(-c3ccc4c(c3)C(C)(C)c3cc(-c5ccc6c(c5)C(C)(C)c5cc(-c7ccc8c(c7)Oc7cc(-c9ccc%10c(c9)C(C)(C)c9cc(-c%11ccc%12c(c%11)C(C)(C)c%11cc(-c%13ccc%14c(c%13)C(CCCCCCCC)(CCCCCCCC)c%13ccccc%13-%14)ccc%11-%12)ccc9-%10)ccc7N8c7ccccc7-c7ccccc7)ccc5-6)ccc3-4)cc21. The molecule has 0 N–H and O–H groups in total. The number of benzene rings is 16. The van der Waals surface area contributed by atoms with Crippen molar-refractivity contribution in [2.45, 2.75) is 296 Å². The van der Waals surface area contributed by atoms with Crippen LogP contribution < -0.4 is 9.64 Å². The van der Waals surface area contributed by atoms with Crippen molar-refractivity contribution in [1.29, 1.82) is 0 Å². The first kappa shape index (κ1) is 95.6. The molecule has 1 aliphatic heterocycles. The van der Waals surface area contributed by atoms with Gasteiger partial charge in [-0.2, -0.15) is 0 Å². The Hall–Kier alpha value is -12.9. The zero-order valence-corrected chi connectivity index (χ0v) is 88.4. The van der Waals surface area contributed by atoms with Crippen molar-refractivity contribution in [3.8, 4) is 156 Å². The molecule has 0 aromatic heterocycles. The molecule has 0 amide bonds. The number of para-hydroxylation sites is 1. The second kappa shape index (κ2) is 39.5. The molecule has 2 atom stereocenters. The van der Waals surface area contributed by atoms with Gasteiger partial charge in [0.05, 0.1) is 17.1 Å². The first-order valence-corrected chi connectivity index (χ1v) is 56.3. The van der Waals surface area contributed by atoms with Crippen molar-refractivity contribution < 1.29 is 4.74 Å². The van der Waals surface area contributed by atoms with Gasteiger partial charge in [0, 0.05) is 38.6 Å². The molecule has 6 aliphatic carbocycles. The molecule has 0 saturated carbocycles. The zero-order chi connectivity index (χ0) is 99.0. The van der Waals surface area contributed by atoms with E-state index in [-0.39, 0.29) is 27.1 Å². The van der Waals surface area contributed by atoms with Crippen LogP contribution in [0.25, 0.3) is 145 Å². The van der Waals surface area contributed by atoms with Crippen LogP contribution in [0.2, 0.25) is 0 Å². The molecule has 1 heterocycles. The van der Waals surface area contributed by atoms with Crippen LogP contribution in [0.3, 0.4) is 0 Å². The van der Waals surface area contributed by atoms with E-state index in [2.05, 4.69) is 410 Å². The van der Waals surface area contributed by atoms with Gasteiger partial charge in [0.25, 0.3) is 0 Å². The summed E-state index contributed by atoms with van der Waals surface area (Å²) in [5.41, 5.74) is 53.3. The quantitative estimate of drug-likeness (QED) is 0.0360. The van der Waals surface area contributed by atoms with Crippen molar-refractivity contribution in [2.24, 2.45) is 5.92 Å². The zero-order valence-electron chi connectivity index (χ0n) is 88.4. The van der Waals surface area contributed by atoms with Gasteiger partial charge in [-0.15, -0.1) is 0 Å². The number of hydrogen-bond donors (Lipinski definition) is 0. The van der Waals surface area contributed by atoms with Crippen LogP contribution in [0.4, 0.5) is 17.1 Å². The third kappa shape index (κ3) is 17.0. The van der Waals surface area contributed by atoms with E-state index in [1.807, 2.05) is 0 Å². The van der Waals surface area contributed by atoms with Gasteiger partial charge < -0.3 is 9.64 Å².